The first-order valence-electron chi connectivity index (χ1n) is 6.07. The minimum Gasteiger partial charge on any atom is -0.508 e. The molecule has 0 saturated heterocycles. The van der Waals surface area contributed by atoms with E-state index in [1.807, 2.05) is 0 Å². The minimum atomic E-state index is -0.492. The second-order valence-electron chi connectivity index (χ2n) is 4.22. The molecule has 0 atom stereocenters. The molecule has 0 unspecified atom stereocenters. The van der Waals surface area contributed by atoms with Gasteiger partial charge in [0.05, 0.1) is 4.92 Å². The molecule has 0 fully saturated rings. The Hall–Kier alpha value is -3.15. The molecule has 0 bridgehead atoms. The van der Waals surface area contributed by atoms with Gasteiger partial charge in [0.1, 0.15) is 5.75 Å². The van der Waals surface area contributed by atoms with Crippen LogP contribution in [0.5, 0.6) is 5.75 Å². The lowest BCUT2D eigenvalue weighted by molar-refractivity contribution is -0.384. The summed E-state index contributed by atoms with van der Waals surface area (Å²) in [5.41, 5.74) is 1.07. The van der Waals surface area contributed by atoms with Crippen LogP contribution in [0.25, 0.3) is 6.08 Å². The van der Waals surface area contributed by atoms with Crippen LogP contribution in [0.4, 0.5) is 11.4 Å². The second-order valence-corrected chi connectivity index (χ2v) is 4.22. The molecule has 0 heterocycles. The first kappa shape index (κ1) is 14.3. The maximum absolute atomic E-state index is 11.7. The zero-order chi connectivity index (χ0) is 15.2. The maximum Gasteiger partial charge on any atom is 0.270 e. The second kappa shape index (κ2) is 6.33. The topological polar surface area (TPSA) is 92.5 Å². The van der Waals surface area contributed by atoms with Gasteiger partial charge in [-0.3, -0.25) is 14.9 Å². The number of carbonyl (C=O) groups is 1. The lowest BCUT2D eigenvalue weighted by atomic mass is 10.2. The number of anilines is 1. The number of aromatic hydroxyl groups is 1. The predicted octanol–water partition coefficient (Wildman–Crippen LogP) is 2.95. The third kappa shape index (κ3) is 4.17. The molecule has 0 aliphatic heterocycles. The van der Waals surface area contributed by atoms with Crippen molar-refractivity contribution in [1.29, 1.82) is 0 Å². The van der Waals surface area contributed by atoms with E-state index in [2.05, 4.69) is 5.32 Å². The first-order valence-corrected chi connectivity index (χ1v) is 6.07. The van der Waals surface area contributed by atoms with Crippen LogP contribution >= 0.6 is 0 Å². The molecule has 2 aromatic rings. The van der Waals surface area contributed by atoms with Crippen LogP contribution < -0.4 is 5.32 Å². The van der Waals surface area contributed by atoms with Gasteiger partial charge in [-0.25, -0.2) is 0 Å². The molecule has 6 nitrogen and oxygen atoms in total. The Morgan fingerprint density at radius 3 is 2.57 bits per heavy atom. The lowest BCUT2D eigenvalue weighted by Crippen LogP contribution is -2.07. The normalized spacial score (nSPS) is 10.5. The highest BCUT2D eigenvalue weighted by Gasteiger charge is 2.04. The number of rotatable bonds is 4. The summed E-state index contributed by atoms with van der Waals surface area (Å²) >= 11 is 0. The van der Waals surface area contributed by atoms with Gasteiger partial charge in [0.15, 0.2) is 0 Å². The van der Waals surface area contributed by atoms with Crippen molar-refractivity contribution in [3.63, 3.8) is 0 Å². The number of phenolic OH excluding ortho intramolecular Hbond substituents is 1. The van der Waals surface area contributed by atoms with Gasteiger partial charge in [0.25, 0.3) is 5.69 Å². The smallest absolute Gasteiger partial charge is 0.270 e. The third-order valence-electron chi connectivity index (χ3n) is 2.64. The summed E-state index contributed by atoms with van der Waals surface area (Å²) in [4.78, 5) is 21.8. The molecule has 2 N–H and O–H groups in total. The van der Waals surface area contributed by atoms with Crippen molar-refractivity contribution in [2.75, 3.05) is 5.32 Å². The number of amides is 1. The average molecular weight is 284 g/mol. The summed E-state index contributed by atoms with van der Waals surface area (Å²) in [6, 6.07) is 12.0. The van der Waals surface area contributed by atoms with E-state index >= 15 is 0 Å². The molecule has 21 heavy (non-hydrogen) atoms. The Morgan fingerprint density at radius 1 is 1.19 bits per heavy atom. The van der Waals surface area contributed by atoms with Crippen LogP contribution in [-0.2, 0) is 4.79 Å². The van der Waals surface area contributed by atoms with Crippen LogP contribution in [0.3, 0.4) is 0 Å². The van der Waals surface area contributed by atoms with Crippen molar-refractivity contribution in [2.24, 2.45) is 0 Å². The summed E-state index contributed by atoms with van der Waals surface area (Å²) in [5.74, 6) is -0.257. The van der Waals surface area contributed by atoms with Crippen molar-refractivity contribution in [3.05, 3.63) is 70.3 Å². The highest BCUT2D eigenvalue weighted by molar-refractivity contribution is 6.01. The maximum atomic E-state index is 11.7. The van der Waals surface area contributed by atoms with E-state index in [9.17, 15) is 14.9 Å². The molecule has 2 aromatic carbocycles. The molecule has 0 aromatic heterocycles. The van der Waals surface area contributed by atoms with Crippen molar-refractivity contribution >= 4 is 23.4 Å². The lowest BCUT2D eigenvalue weighted by Gasteiger charge is -2.01. The van der Waals surface area contributed by atoms with Gasteiger partial charge in [-0.05, 0) is 35.9 Å². The van der Waals surface area contributed by atoms with E-state index in [0.717, 1.165) is 0 Å². The number of hydrogen-bond acceptors (Lipinski definition) is 4. The predicted molar refractivity (Wildman–Crippen MR) is 78.9 cm³/mol. The zero-order valence-corrected chi connectivity index (χ0v) is 10.9. The summed E-state index contributed by atoms with van der Waals surface area (Å²) in [5, 5.41) is 22.4. The van der Waals surface area contributed by atoms with Gasteiger partial charge in [0, 0.05) is 23.9 Å². The number of nitro groups is 1. The van der Waals surface area contributed by atoms with Crippen LogP contribution in [0, 0.1) is 10.1 Å². The highest BCUT2D eigenvalue weighted by Crippen LogP contribution is 2.15. The van der Waals surface area contributed by atoms with Gasteiger partial charge in [-0.1, -0.05) is 12.1 Å². The monoisotopic (exact) mass is 284 g/mol. The molecular formula is C15H12N2O4. The van der Waals surface area contributed by atoms with Crippen molar-refractivity contribution in [1.82, 2.24) is 0 Å². The van der Waals surface area contributed by atoms with Crippen LogP contribution in [-0.4, -0.2) is 15.9 Å². The number of nitro benzene ring substituents is 1. The molecule has 0 aliphatic rings. The van der Waals surface area contributed by atoms with E-state index in [0.29, 0.717) is 11.3 Å². The summed E-state index contributed by atoms with van der Waals surface area (Å²) in [6.07, 6.45) is 2.77. The fourth-order valence-corrected chi connectivity index (χ4v) is 1.64. The van der Waals surface area contributed by atoms with Gasteiger partial charge >= 0.3 is 0 Å². The van der Waals surface area contributed by atoms with Crippen LogP contribution in [0.2, 0.25) is 0 Å². The number of non-ortho nitro benzene ring substituents is 1. The SMILES string of the molecule is O=C(C=Cc1cccc([N+](=O)[O-])c1)Nc1ccc(O)cc1. The van der Waals surface area contributed by atoms with E-state index < -0.39 is 4.92 Å². The van der Waals surface area contributed by atoms with Gasteiger partial charge in [-0.2, -0.15) is 0 Å². The van der Waals surface area contributed by atoms with Gasteiger partial charge in [0.2, 0.25) is 5.91 Å². The molecule has 6 heteroatoms. The van der Waals surface area contributed by atoms with Crippen LogP contribution in [0.15, 0.2) is 54.6 Å². The molecule has 0 spiro atoms. The first-order chi connectivity index (χ1) is 10.0. The summed E-state index contributed by atoms with van der Waals surface area (Å²) in [6.45, 7) is 0. The number of hydrogen-bond donors (Lipinski definition) is 2. The number of carbonyl (C=O) groups excluding carboxylic acids is 1. The molecule has 1 amide bonds. The molecule has 0 radical (unpaired) electrons. The quantitative estimate of drug-likeness (QED) is 0.390. The largest absolute Gasteiger partial charge is 0.508 e. The summed E-state index contributed by atoms with van der Waals surface area (Å²) in [7, 11) is 0. The molecular weight excluding hydrogens is 272 g/mol. The fourth-order valence-electron chi connectivity index (χ4n) is 1.64. The number of nitrogens with zero attached hydrogens (tertiary/aromatic N) is 1. The minimum absolute atomic E-state index is 0.0314. The standard InChI is InChI=1S/C15H12N2O4/c18-14-7-5-12(6-8-14)16-15(19)9-4-11-2-1-3-13(10-11)17(20)21/h1-10,18H,(H,16,19). The fraction of sp³-hybridized carbons (Fsp3) is 0. The zero-order valence-electron chi connectivity index (χ0n) is 10.9. The van der Waals surface area contributed by atoms with Crippen molar-refractivity contribution in [2.45, 2.75) is 0 Å². The van der Waals surface area contributed by atoms with Gasteiger partial charge < -0.3 is 10.4 Å². The third-order valence-corrected chi connectivity index (χ3v) is 2.64. The van der Waals surface area contributed by atoms with Crippen molar-refractivity contribution < 1.29 is 14.8 Å². The number of nitrogens with one attached hydrogen (secondary N) is 1. The van der Waals surface area contributed by atoms with Crippen molar-refractivity contribution in [3.8, 4) is 5.75 Å². The summed E-state index contributed by atoms with van der Waals surface area (Å²) < 4.78 is 0. The Bertz CT molecular complexity index is 693. The Labute approximate surface area is 120 Å². The van der Waals surface area contributed by atoms with E-state index in [1.54, 1.807) is 24.3 Å². The molecule has 2 rings (SSSR count). The van der Waals surface area contributed by atoms with E-state index in [1.165, 1.54) is 36.4 Å². The number of phenols is 1. The van der Waals surface area contributed by atoms with Gasteiger partial charge in [-0.15, -0.1) is 0 Å². The van der Waals surface area contributed by atoms with E-state index in [4.69, 9.17) is 5.11 Å². The van der Waals surface area contributed by atoms with E-state index in [-0.39, 0.29) is 17.3 Å². The Morgan fingerprint density at radius 2 is 1.90 bits per heavy atom. The molecule has 0 aliphatic carbocycles. The highest BCUT2D eigenvalue weighted by atomic mass is 16.6. The number of benzene rings is 2. The Balaban J connectivity index is 2.03. The Kier molecular flexibility index (Phi) is 4.30. The molecule has 106 valence electrons. The average Bonchev–Trinajstić information content (AvgIpc) is 2.48. The van der Waals surface area contributed by atoms with Crippen LogP contribution in [0.1, 0.15) is 5.56 Å². The molecule has 0 saturated carbocycles.